The molecule has 0 N–H and O–H groups in total. The Morgan fingerprint density at radius 3 is 2.80 bits per heavy atom. The molecule has 0 spiro atoms. The topological polar surface area (TPSA) is 26.3 Å². The molecule has 2 heteroatoms. The van der Waals surface area contributed by atoms with Gasteiger partial charge in [-0.1, -0.05) is 13.8 Å². The summed E-state index contributed by atoms with van der Waals surface area (Å²) in [7, 11) is 0. The molecule has 2 nitrogen and oxygen atoms in total. The first-order chi connectivity index (χ1) is 4.68. The molecule has 1 fully saturated rings. The van der Waals surface area contributed by atoms with Gasteiger partial charge in [0, 0.05) is 5.92 Å². The van der Waals surface area contributed by atoms with Gasteiger partial charge in [0.05, 0.1) is 13.0 Å². The van der Waals surface area contributed by atoms with Crippen LogP contribution in [0.3, 0.4) is 0 Å². The Balaban J connectivity index is 2.24. The number of esters is 1. The minimum absolute atomic E-state index is 0.0225. The van der Waals surface area contributed by atoms with Gasteiger partial charge in [0.15, 0.2) is 0 Å². The van der Waals surface area contributed by atoms with Crippen LogP contribution in [-0.2, 0) is 9.53 Å². The quantitative estimate of drug-likeness (QED) is 0.547. The summed E-state index contributed by atoms with van der Waals surface area (Å²) in [5, 5.41) is 0. The van der Waals surface area contributed by atoms with E-state index < -0.39 is 0 Å². The third kappa shape index (κ3) is 2.01. The number of carbonyl (C=O) groups is 1. The van der Waals surface area contributed by atoms with E-state index in [-0.39, 0.29) is 5.97 Å². The Morgan fingerprint density at radius 2 is 2.40 bits per heavy atom. The van der Waals surface area contributed by atoms with Crippen molar-refractivity contribution in [3.63, 3.8) is 0 Å². The highest BCUT2D eigenvalue weighted by Gasteiger charge is 2.23. The maximum Gasteiger partial charge on any atom is 0.306 e. The van der Waals surface area contributed by atoms with Crippen LogP contribution in [0.2, 0.25) is 0 Å². The predicted octanol–water partition coefficient (Wildman–Crippen LogP) is 1.60. The third-order valence-corrected chi connectivity index (χ3v) is 1.74. The molecule has 0 amide bonds. The Kier molecular flexibility index (Phi) is 2.30. The van der Waals surface area contributed by atoms with E-state index in [2.05, 4.69) is 13.8 Å². The summed E-state index contributed by atoms with van der Waals surface area (Å²) in [6.45, 7) is 4.99. The van der Waals surface area contributed by atoms with Crippen LogP contribution in [0, 0.1) is 11.8 Å². The van der Waals surface area contributed by atoms with Crippen LogP contribution in [0.1, 0.15) is 26.7 Å². The third-order valence-electron chi connectivity index (χ3n) is 1.74. The van der Waals surface area contributed by atoms with Gasteiger partial charge in [-0.05, 0) is 12.3 Å². The smallest absolute Gasteiger partial charge is 0.306 e. The monoisotopic (exact) mass is 142 g/mol. The molecular formula is C8H14O2. The van der Waals surface area contributed by atoms with Crippen LogP contribution in [-0.4, -0.2) is 12.6 Å². The number of hydrogen-bond donors (Lipinski definition) is 0. The van der Waals surface area contributed by atoms with Gasteiger partial charge < -0.3 is 4.74 Å². The highest BCUT2D eigenvalue weighted by molar-refractivity contribution is 5.71. The maximum absolute atomic E-state index is 10.6. The zero-order chi connectivity index (χ0) is 7.56. The molecule has 0 aliphatic carbocycles. The molecule has 0 saturated carbocycles. The normalized spacial score (nSPS) is 25.5. The summed E-state index contributed by atoms with van der Waals surface area (Å²) in [6, 6.07) is 0. The van der Waals surface area contributed by atoms with E-state index in [1.165, 1.54) is 0 Å². The second kappa shape index (κ2) is 3.04. The lowest BCUT2D eigenvalue weighted by Gasteiger charge is -2.07. The van der Waals surface area contributed by atoms with Crippen LogP contribution in [0.5, 0.6) is 0 Å². The molecule has 0 unspecified atom stereocenters. The first-order valence-corrected chi connectivity index (χ1v) is 3.84. The van der Waals surface area contributed by atoms with Crippen molar-refractivity contribution in [3.8, 4) is 0 Å². The van der Waals surface area contributed by atoms with Crippen LogP contribution >= 0.6 is 0 Å². The fraction of sp³-hybridized carbons (Fsp3) is 0.875. The number of ether oxygens (including phenoxy) is 1. The van der Waals surface area contributed by atoms with Crippen molar-refractivity contribution in [2.24, 2.45) is 11.8 Å². The minimum atomic E-state index is -0.0225. The number of hydrogen-bond acceptors (Lipinski definition) is 2. The number of rotatable bonds is 2. The summed E-state index contributed by atoms with van der Waals surface area (Å²) < 4.78 is 4.83. The Morgan fingerprint density at radius 1 is 1.70 bits per heavy atom. The summed E-state index contributed by atoms with van der Waals surface area (Å²) in [5.41, 5.74) is 0. The number of carbonyl (C=O) groups excluding carboxylic acids is 1. The van der Waals surface area contributed by atoms with E-state index >= 15 is 0 Å². The SMILES string of the molecule is CC(C)C[C@@H]1COC(=O)C1. The molecule has 1 saturated heterocycles. The molecule has 1 aliphatic rings. The molecule has 0 aromatic rings. The molecule has 10 heavy (non-hydrogen) atoms. The van der Waals surface area contributed by atoms with Gasteiger partial charge in [-0.2, -0.15) is 0 Å². The summed E-state index contributed by atoms with van der Waals surface area (Å²) in [4.78, 5) is 10.6. The Hall–Kier alpha value is -0.530. The van der Waals surface area contributed by atoms with Crippen molar-refractivity contribution in [1.29, 1.82) is 0 Å². The van der Waals surface area contributed by atoms with E-state index in [4.69, 9.17) is 4.74 Å². The molecule has 0 bridgehead atoms. The van der Waals surface area contributed by atoms with Gasteiger partial charge in [-0.25, -0.2) is 0 Å². The fourth-order valence-corrected chi connectivity index (χ4v) is 1.38. The van der Waals surface area contributed by atoms with Gasteiger partial charge in [-0.3, -0.25) is 4.79 Å². The molecule has 0 aromatic carbocycles. The molecule has 58 valence electrons. The first kappa shape index (κ1) is 7.58. The zero-order valence-electron chi connectivity index (χ0n) is 6.59. The van der Waals surface area contributed by atoms with E-state index in [1.54, 1.807) is 0 Å². The van der Waals surface area contributed by atoms with Crippen molar-refractivity contribution < 1.29 is 9.53 Å². The van der Waals surface area contributed by atoms with Gasteiger partial charge in [-0.15, -0.1) is 0 Å². The molecule has 0 radical (unpaired) electrons. The molecule has 1 rings (SSSR count). The lowest BCUT2D eigenvalue weighted by molar-refractivity contribution is -0.137. The van der Waals surface area contributed by atoms with Crippen molar-refractivity contribution >= 4 is 5.97 Å². The van der Waals surface area contributed by atoms with Gasteiger partial charge in [0.1, 0.15) is 0 Å². The first-order valence-electron chi connectivity index (χ1n) is 3.84. The van der Waals surface area contributed by atoms with E-state index in [0.717, 1.165) is 6.42 Å². The Bertz CT molecular complexity index is 129. The lowest BCUT2D eigenvalue weighted by Crippen LogP contribution is -2.03. The molecule has 1 heterocycles. The van der Waals surface area contributed by atoms with Gasteiger partial charge in [0.2, 0.25) is 0 Å². The Labute approximate surface area is 61.6 Å². The van der Waals surface area contributed by atoms with Crippen molar-refractivity contribution in [1.82, 2.24) is 0 Å². The standard InChI is InChI=1S/C8H14O2/c1-6(2)3-7-4-8(9)10-5-7/h6-7H,3-5H2,1-2H3/t7-/m0/s1. The average Bonchev–Trinajstić information content (AvgIpc) is 2.13. The second-order valence-corrected chi connectivity index (χ2v) is 3.38. The van der Waals surface area contributed by atoms with Crippen molar-refractivity contribution in [2.45, 2.75) is 26.7 Å². The van der Waals surface area contributed by atoms with Crippen molar-refractivity contribution in [3.05, 3.63) is 0 Å². The highest BCUT2D eigenvalue weighted by Crippen LogP contribution is 2.21. The number of cyclic esters (lactones) is 1. The van der Waals surface area contributed by atoms with Crippen LogP contribution in [0.15, 0.2) is 0 Å². The molecule has 1 aliphatic heterocycles. The summed E-state index contributed by atoms with van der Waals surface area (Å²) in [6.07, 6.45) is 1.75. The van der Waals surface area contributed by atoms with Gasteiger partial charge >= 0.3 is 5.97 Å². The van der Waals surface area contributed by atoms with Gasteiger partial charge in [0.25, 0.3) is 0 Å². The minimum Gasteiger partial charge on any atom is -0.465 e. The molecule has 1 atom stereocenters. The fourth-order valence-electron chi connectivity index (χ4n) is 1.38. The second-order valence-electron chi connectivity index (χ2n) is 3.38. The lowest BCUT2D eigenvalue weighted by atomic mass is 9.97. The average molecular weight is 142 g/mol. The summed E-state index contributed by atoms with van der Waals surface area (Å²) >= 11 is 0. The zero-order valence-corrected chi connectivity index (χ0v) is 6.59. The van der Waals surface area contributed by atoms with E-state index in [0.29, 0.717) is 24.9 Å². The largest absolute Gasteiger partial charge is 0.465 e. The summed E-state index contributed by atoms with van der Waals surface area (Å²) in [5.74, 6) is 1.15. The molecular weight excluding hydrogens is 128 g/mol. The van der Waals surface area contributed by atoms with Crippen LogP contribution < -0.4 is 0 Å². The highest BCUT2D eigenvalue weighted by atomic mass is 16.5. The van der Waals surface area contributed by atoms with E-state index in [9.17, 15) is 4.79 Å². The van der Waals surface area contributed by atoms with Crippen LogP contribution in [0.4, 0.5) is 0 Å². The predicted molar refractivity (Wildman–Crippen MR) is 38.5 cm³/mol. The molecule has 0 aromatic heterocycles. The maximum atomic E-state index is 10.6. The van der Waals surface area contributed by atoms with Crippen molar-refractivity contribution in [2.75, 3.05) is 6.61 Å². The van der Waals surface area contributed by atoms with Crippen LogP contribution in [0.25, 0.3) is 0 Å². The van der Waals surface area contributed by atoms with E-state index in [1.807, 2.05) is 0 Å².